The predicted octanol–water partition coefficient (Wildman–Crippen LogP) is -0.848. The fourth-order valence-corrected chi connectivity index (χ4v) is 0.792. The van der Waals surface area contributed by atoms with Gasteiger partial charge < -0.3 is 0 Å². The number of hydrogen-bond acceptors (Lipinski definition) is 3. The molecule has 0 radical (unpaired) electrons. The van der Waals surface area contributed by atoms with Gasteiger partial charge in [0, 0.05) is 0 Å². The summed E-state index contributed by atoms with van der Waals surface area (Å²) in [5.74, 6) is 0. The zero-order chi connectivity index (χ0) is 6.91. The maximum Gasteiger partial charge on any atom is 0.321 e. The van der Waals surface area contributed by atoms with Crippen molar-refractivity contribution in [1.29, 1.82) is 0 Å². The summed E-state index contributed by atoms with van der Waals surface area (Å²) in [6.45, 7) is 0. The van der Waals surface area contributed by atoms with Crippen LogP contribution in [0.2, 0.25) is 0 Å². The summed E-state index contributed by atoms with van der Waals surface area (Å²) < 4.78 is 11.6. The Hall–Kier alpha value is -0.710. The van der Waals surface area contributed by atoms with Crippen LogP contribution in [-0.2, 0) is 4.57 Å². The minimum atomic E-state index is -3.23. The largest absolute Gasteiger partial charge is 0.321 e. The Balaban J connectivity index is 3.04. The van der Waals surface area contributed by atoms with E-state index in [1.165, 1.54) is 12.7 Å². The first-order valence-corrected chi connectivity index (χ1v) is 3.93. The molecule has 0 bridgehead atoms. The van der Waals surface area contributed by atoms with E-state index in [0.717, 1.165) is 4.45 Å². The molecule has 6 nitrogen and oxygen atoms in total. The van der Waals surface area contributed by atoms with Crippen LogP contribution >= 0.6 is 7.59 Å². The summed E-state index contributed by atoms with van der Waals surface area (Å²) in [5.41, 5.74) is 9.99. The molecule has 0 spiro atoms. The quantitative estimate of drug-likeness (QED) is 0.504. The van der Waals surface area contributed by atoms with Gasteiger partial charge in [0.05, 0.1) is 0 Å². The summed E-state index contributed by atoms with van der Waals surface area (Å²) in [6, 6.07) is 0. The van der Waals surface area contributed by atoms with Crippen LogP contribution in [0, 0.1) is 0 Å². The molecular formula is C2H6N5OP. The van der Waals surface area contributed by atoms with Crippen molar-refractivity contribution in [3.05, 3.63) is 12.7 Å². The van der Waals surface area contributed by atoms with Crippen molar-refractivity contribution in [2.24, 2.45) is 11.0 Å². The fraction of sp³-hybridized carbons (Fsp3) is 0. The lowest BCUT2D eigenvalue weighted by molar-refractivity contribution is 0.565. The highest BCUT2D eigenvalue weighted by atomic mass is 31.2. The maximum absolute atomic E-state index is 10.7. The minimum Gasteiger partial charge on any atom is -0.263 e. The monoisotopic (exact) mass is 147 g/mol. The second-order valence-electron chi connectivity index (χ2n) is 1.49. The van der Waals surface area contributed by atoms with E-state index in [2.05, 4.69) is 10.1 Å². The van der Waals surface area contributed by atoms with Crippen molar-refractivity contribution in [1.82, 2.24) is 14.5 Å². The molecule has 0 aliphatic heterocycles. The van der Waals surface area contributed by atoms with E-state index >= 15 is 0 Å². The first kappa shape index (κ1) is 6.41. The standard InChI is InChI=1S/C2H6N5OP/c3-9(4,8)7-2-5-1-6-7/h1-2H,(H4,3,4,8). The SMILES string of the molecule is NP(N)(=O)n1cncn1. The molecule has 0 atom stereocenters. The van der Waals surface area contributed by atoms with Crippen molar-refractivity contribution in [2.75, 3.05) is 0 Å². The summed E-state index contributed by atoms with van der Waals surface area (Å²) in [6.07, 6.45) is 2.42. The van der Waals surface area contributed by atoms with Crippen LogP contribution in [0.1, 0.15) is 0 Å². The number of aromatic nitrogens is 3. The fourth-order valence-electron chi connectivity index (χ4n) is 0.363. The zero-order valence-corrected chi connectivity index (χ0v) is 5.40. The van der Waals surface area contributed by atoms with Crippen molar-refractivity contribution in [2.45, 2.75) is 0 Å². The molecule has 0 aliphatic rings. The Morgan fingerprint density at radius 2 is 2.22 bits per heavy atom. The van der Waals surface area contributed by atoms with E-state index in [1.54, 1.807) is 0 Å². The molecule has 0 aliphatic carbocycles. The number of hydrogen-bond donors (Lipinski definition) is 2. The number of nitrogens with zero attached hydrogens (tertiary/aromatic N) is 3. The molecule has 1 heterocycles. The molecule has 7 heteroatoms. The highest BCUT2D eigenvalue weighted by molar-refractivity contribution is 7.57. The Morgan fingerprint density at radius 3 is 2.44 bits per heavy atom. The number of rotatable bonds is 1. The van der Waals surface area contributed by atoms with Crippen LogP contribution in [-0.4, -0.2) is 14.5 Å². The van der Waals surface area contributed by atoms with E-state index in [4.69, 9.17) is 11.0 Å². The average Bonchev–Trinajstić information content (AvgIpc) is 2.08. The van der Waals surface area contributed by atoms with E-state index in [1.807, 2.05) is 0 Å². The van der Waals surface area contributed by atoms with Gasteiger partial charge >= 0.3 is 7.59 Å². The van der Waals surface area contributed by atoms with Gasteiger partial charge in [-0.3, -0.25) is 15.6 Å². The van der Waals surface area contributed by atoms with Crippen molar-refractivity contribution in [3.8, 4) is 0 Å². The summed E-state index contributed by atoms with van der Waals surface area (Å²) in [5, 5.41) is 3.48. The molecule has 1 aromatic rings. The molecule has 4 N–H and O–H groups in total. The molecule has 0 aromatic carbocycles. The Labute approximate surface area is 51.4 Å². The summed E-state index contributed by atoms with van der Waals surface area (Å²) in [7, 11) is -3.23. The lowest BCUT2D eigenvalue weighted by Crippen LogP contribution is -2.13. The van der Waals surface area contributed by atoms with E-state index < -0.39 is 7.59 Å². The van der Waals surface area contributed by atoms with Crippen LogP contribution in [0.3, 0.4) is 0 Å². The van der Waals surface area contributed by atoms with Gasteiger partial charge in [0.25, 0.3) is 0 Å². The molecule has 1 rings (SSSR count). The van der Waals surface area contributed by atoms with Gasteiger partial charge in [-0.15, -0.1) is 0 Å². The zero-order valence-electron chi connectivity index (χ0n) is 4.51. The Bertz CT molecular complexity index is 223. The maximum atomic E-state index is 10.7. The average molecular weight is 147 g/mol. The van der Waals surface area contributed by atoms with E-state index in [9.17, 15) is 4.57 Å². The molecule has 0 unspecified atom stereocenters. The van der Waals surface area contributed by atoms with Gasteiger partial charge in [0.2, 0.25) is 0 Å². The second-order valence-corrected chi connectivity index (χ2v) is 3.24. The smallest absolute Gasteiger partial charge is 0.263 e. The van der Waals surface area contributed by atoms with E-state index in [0.29, 0.717) is 0 Å². The molecule has 0 amide bonds. The van der Waals surface area contributed by atoms with Crippen molar-refractivity contribution < 1.29 is 4.57 Å². The molecule has 1 aromatic heterocycles. The van der Waals surface area contributed by atoms with Crippen LogP contribution in [0.25, 0.3) is 0 Å². The highest BCUT2D eigenvalue weighted by Gasteiger charge is 2.09. The first-order valence-electron chi connectivity index (χ1n) is 2.13. The highest BCUT2D eigenvalue weighted by Crippen LogP contribution is 2.24. The lowest BCUT2D eigenvalue weighted by Gasteiger charge is -2.02. The Kier molecular flexibility index (Phi) is 1.36. The molecular weight excluding hydrogens is 141 g/mol. The van der Waals surface area contributed by atoms with Gasteiger partial charge in [-0.2, -0.15) is 9.55 Å². The van der Waals surface area contributed by atoms with Gasteiger partial charge in [-0.05, 0) is 0 Å². The van der Waals surface area contributed by atoms with Crippen molar-refractivity contribution >= 4 is 7.59 Å². The third kappa shape index (κ3) is 1.35. The van der Waals surface area contributed by atoms with Crippen LogP contribution in [0.15, 0.2) is 12.7 Å². The Morgan fingerprint density at radius 1 is 1.56 bits per heavy atom. The van der Waals surface area contributed by atoms with Crippen LogP contribution < -0.4 is 11.0 Å². The molecule has 0 fully saturated rings. The molecule has 0 saturated heterocycles. The summed E-state index contributed by atoms with van der Waals surface area (Å²) >= 11 is 0. The molecule has 0 saturated carbocycles. The van der Waals surface area contributed by atoms with Gasteiger partial charge in [0.15, 0.2) is 0 Å². The topological polar surface area (TPSA) is 99.8 Å². The normalized spacial score (nSPS) is 11.8. The minimum absolute atomic E-state index is 0.938. The van der Waals surface area contributed by atoms with Gasteiger partial charge in [-0.1, -0.05) is 0 Å². The third-order valence-electron chi connectivity index (χ3n) is 0.727. The third-order valence-corrected chi connectivity index (χ3v) is 1.57. The second kappa shape index (κ2) is 1.91. The lowest BCUT2D eigenvalue weighted by atomic mass is 11.3. The van der Waals surface area contributed by atoms with Gasteiger partial charge in [-0.25, -0.2) is 4.98 Å². The van der Waals surface area contributed by atoms with Crippen LogP contribution in [0.5, 0.6) is 0 Å². The van der Waals surface area contributed by atoms with Crippen LogP contribution in [0.4, 0.5) is 0 Å². The van der Waals surface area contributed by atoms with Crippen molar-refractivity contribution in [3.63, 3.8) is 0 Å². The predicted molar refractivity (Wildman–Crippen MR) is 31.4 cm³/mol. The molecule has 9 heavy (non-hydrogen) atoms. The van der Waals surface area contributed by atoms with Gasteiger partial charge in [0.1, 0.15) is 12.7 Å². The first-order chi connectivity index (χ1) is 4.11. The molecule has 50 valence electrons. The summed E-state index contributed by atoms with van der Waals surface area (Å²) in [4.78, 5) is 3.51. The van der Waals surface area contributed by atoms with E-state index in [-0.39, 0.29) is 0 Å². The number of nitrogens with two attached hydrogens (primary N) is 2.